The van der Waals surface area contributed by atoms with Crippen LogP contribution < -0.4 is 11.5 Å². The molecule has 0 amide bonds. The lowest BCUT2D eigenvalue weighted by molar-refractivity contribution is 0.393. The Morgan fingerprint density at radius 2 is 1.59 bits per heavy atom. The topological polar surface area (TPSA) is 122 Å². The highest BCUT2D eigenvalue weighted by Gasteiger charge is 2.23. The Morgan fingerprint density at radius 1 is 0.912 bits per heavy atom. The Bertz CT molecular complexity index is 1530. The van der Waals surface area contributed by atoms with Gasteiger partial charge in [0, 0.05) is 17.4 Å². The van der Waals surface area contributed by atoms with E-state index in [2.05, 4.69) is 20.2 Å². The molecule has 5 rings (SSSR count). The van der Waals surface area contributed by atoms with Crippen LogP contribution in [0.5, 0.6) is 0 Å². The number of aryl methyl sites for hydroxylation is 2. The monoisotopic (exact) mass is 465 g/mol. The predicted octanol–water partition coefficient (Wildman–Crippen LogP) is 4.26. The van der Waals surface area contributed by atoms with Gasteiger partial charge in [0.05, 0.1) is 28.0 Å². The molecule has 2 aromatic carbocycles. The Kier molecular flexibility index (Phi) is 4.96. The quantitative estimate of drug-likeness (QED) is 0.380. The summed E-state index contributed by atoms with van der Waals surface area (Å²) >= 11 is 0. The van der Waals surface area contributed by atoms with Gasteiger partial charge in [0.2, 0.25) is 0 Å². The lowest BCUT2D eigenvalue weighted by atomic mass is 10.1. The fourth-order valence-electron chi connectivity index (χ4n) is 3.99. The maximum absolute atomic E-state index is 14.3. The van der Waals surface area contributed by atoms with Crippen LogP contribution in [0.3, 0.4) is 0 Å². The van der Waals surface area contributed by atoms with Crippen molar-refractivity contribution in [3.63, 3.8) is 0 Å². The fraction of sp³-hybridized carbons (Fsp3) is 0.130. The summed E-state index contributed by atoms with van der Waals surface area (Å²) in [7, 11) is 0. The molecule has 0 fully saturated rings. The zero-order valence-corrected chi connectivity index (χ0v) is 18.1. The standard InChI is InChI=1S/C23H18F3N7O/c1-10-18(11(2)34-32-10)19-21(27)29-23(30-22(19)28)33-17-6-4-3-5-12(17)16(31-33)9-13-14(24)7-8-15(25)20(13)26/h3-8H,9H2,1-2H3,(H4,27,28,29,30). The van der Waals surface area contributed by atoms with E-state index < -0.39 is 23.0 Å². The number of para-hydroxylation sites is 1. The van der Waals surface area contributed by atoms with Crippen molar-refractivity contribution in [2.24, 2.45) is 0 Å². The van der Waals surface area contributed by atoms with Crippen molar-refractivity contribution < 1.29 is 17.7 Å². The second-order valence-electron chi connectivity index (χ2n) is 7.74. The molecule has 0 saturated heterocycles. The molecular weight excluding hydrogens is 447 g/mol. The van der Waals surface area contributed by atoms with Crippen molar-refractivity contribution in [3.8, 4) is 17.1 Å². The van der Waals surface area contributed by atoms with Crippen molar-refractivity contribution >= 4 is 22.5 Å². The predicted molar refractivity (Wildman–Crippen MR) is 120 cm³/mol. The van der Waals surface area contributed by atoms with E-state index in [1.54, 1.807) is 38.1 Å². The molecule has 5 aromatic rings. The molecule has 0 aliphatic carbocycles. The van der Waals surface area contributed by atoms with Crippen molar-refractivity contribution in [2.45, 2.75) is 20.3 Å². The van der Waals surface area contributed by atoms with Crippen molar-refractivity contribution in [3.05, 3.63) is 76.6 Å². The first kappa shape index (κ1) is 21.4. The molecule has 0 radical (unpaired) electrons. The van der Waals surface area contributed by atoms with Gasteiger partial charge in [-0.3, -0.25) is 0 Å². The van der Waals surface area contributed by atoms with E-state index >= 15 is 0 Å². The molecule has 34 heavy (non-hydrogen) atoms. The van der Waals surface area contributed by atoms with Crippen molar-refractivity contribution in [2.75, 3.05) is 11.5 Å². The maximum atomic E-state index is 14.3. The lowest BCUT2D eigenvalue weighted by Crippen LogP contribution is -2.10. The minimum absolute atomic E-state index is 0.0631. The number of fused-ring (bicyclic) bond motifs is 1. The van der Waals surface area contributed by atoms with E-state index in [1.807, 2.05) is 0 Å². The SMILES string of the molecule is Cc1noc(C)c1-c1c(N)nc(-n2nc(Cc3c(F)ccc(F)c3F)c3ccccc32)nc1N. The Morgan fingerprint density at radius 3 is 2.26 bits per heavy atom. The van der Waals surface area contributed by atoms with Gasteiger partial charge in [0.25, 0.3) is 5.95 Å². The number of halogens is 3. The minimum Gasteiger partial charge on any atom is -0.383 e. The summed E-state index contributed by atoms with van der Waals surface area (Å²) in [5, 5.41) is 8.97. The molecular formula is C23H18F3N7O. The number of hydrogen-bond acceptors (Lipinski definition) is 7. The number of anilines is 2. The van der Waals surface area contributed by atoms with Gasteiger partial charge < -0.3 is 16.0 Å². The third-order valence-corrected chi connectivity index (χ3v) is 5.57. The molecule has 4 N–H and O–H groups in total. The highest BCUT2D eigenvalue weighted by molar-refractivity contribution is 5.86. The molecule has 0 saturated carbocycles. The summed E-state index contributed by atoms with van der Waals surface area (Å²) in [5.74, 6) is -2.52. The van der Waals surface area contributed by atoms with Crippen molar-refractivity contribution in [1.29, 1.82) is 0 Å². The summed E-state index contributed by atoms with van der Waals surface area (Å²) < 4.78 is 48.9. The van der Waals surface area contributed by atoms with Crippen LogP contribution in [0.15, 0.2) is 40.9 Å². The van der Waals surface area contributed by atoms with Crippen LogP contribution >= 0.6 is 0 Å². The molecule has 0 spiro atoms. The Labute approximate surface area is 191 Å². The van der Waals surface area contributed by atoms with E-state index in [0.717, 1.165) is 12.1 Å². The van der Waals surface area contributed by atoms with Crippen LogP contribution in [0, 0.1) is 31.3 Å². The van der Waals surface area contributed by atoms with E-state index in [0.29, 0.717) is 39.2 Å². The van der Waals surface area contributed by atoms with Gasteiger partial charge in [0.15, 0.2) is 11.6 Å². The first-order chi connectivity index (χ1) is 16.3. The minimum atomic E-state index is -1.26. The molecule has 172 valence electrons. The summed E-state index contributed by atoms with van der Waals surface area (Å²) in [6.07, 6.45) is -0.287. The van der Waals surface area contributed by atoms with Gasteiger partial charge in [-0.2, -0.15) is 19.7 Å². The number of nitrogen functional groups attached to an aromatic ring is 2. The second-order valence-corrected chi connectivity index (χ2v) is 7.74. The maximum Gasteiger partial charge on any atom is 0.255 e. The molecule has 0 aliphatic heterocycles. The zero-order chi connectivity index (χ0) is 24.1. The number of rotatable bonds is 4. The van der Waals surface area contributed by atoms with Crippen LogP contribution in [0.2, 0.25) is 0 Å². The van der Waals surface area contributed by atoms with Crippen LogP contribution in [0.4, 0.5) is 24.8 Å². The van der Waals surface area contributed by atoms with Gasteiger partial charge in [-0.05, 0) is 32.0 Å². The molecule has 0 atom stereocenters. The molecule has 11 heteroatoms. The normalized spacial score (nSPS) is 11.4. The molecule has 0 unspecified atom stereocenters. The number of benzene rings is 2. The number of aromatic nitrogens is 5. The van der Waals surface area contributed by atoms with E-state index in [9.17, 15) is 13.2 Å². The number of hydrogen-bond donors (Lipinski definition) is 2. The largest absolute Gasteiger partial charge is 0.383 e. The van der Waals surface area contributed by atoms with Crippen molar-refractivity contribution in [1.82, 2.24) is 24.9 Å². The van der Waals surface area contributed by atoms with Crippen LogP contribution in [-0.4, -0.2) is 24.9 Å². The number of nitrogens with zero attached hydrogens (tertiary/aromatic N) is 5. The van der Waals surface area contributed by atoms with Gasteiger partial charge in [0.1, 0.15) is 23.2 Å². The number of nitrogens with two attached hydrogens (primary N) is 2. The highest BCUT2D eigenvalue weighted by Crippen LogP contribution is 2.35. The second kappa shape index (κ2) is 7.87. The van der Waals surface area contributed by atoms with Crippen LogP contribution in [0.25, 0.3) is 28.0 Å². The summed E-state index contributed by atoms with van der Waals surface area (Å²) in [5.41, 5.74) is 14.5. The molecule has 0 bridgehead atoms. The summed E-state index contributed by atoms with van der Waals surface area (Å²) in [4.78, 5) is 8.74. The lowest BCUT2D eigenvalue weighted by Gasteiger charge is -2.10. The Hall–Kier alpha value is -4.41. The summed E-state index contributed by atoms with van der Waals surface area (Å²) in [6.45, 7) is 3.47. The summed E-state index contributed by atoms with van der Waals surface area (Å²) in [6, 6.07) is 8.60. The van der Waals surface area contributed by atoms with Gasteiger partial charge in [-0.1, -0.05) is 23.4 Å². The van der Waals surface area contributed by atoms with Gasteiger partial charge >= 0.3 is 0 Å². The average molecular weight is 465 g/mol. The first-order valence-corrected chi connectivity index (χ1v) is 10.2. The van der Waals surface area contributed by atoms with Gasteiger partial charge in [-0.15, -0.1) is 0 Å². The molecule has 0 aliphatic rings. The van der Waals surface area contributed by atoms with E-state index in [4.69, 9.17) is 16.0 Å². The zero-order valence-electron chi connectivity index (χ0n) is 18.1. The third-order valence-electron chi connectivity index (χ3n) is 5.57. The van der Waals surface area contributed by atoms with Crippen LogP contribution in [-0.2, 0) is 6.42 Å². The fourth-order valence-corrected chi connectivity index (χ4v) is 3.99. The van der Waals surface area contributed by atoms with E-state index in [-0.39, 0.29) is 24.0 Å². The smallest absolute Gasteiger partial charge is 0.255 e. The molecule has 8 nitrogen and oxygen atoms in total. The molecule has 3 aromatic heterocycles. The Balaban J connectivity index is 1.66. The first-order valence-electron chi connectivity index (χ1n) is 10.2. The third kappa shape index (κ3) is 3.33. The average Bonchev–Trinajstić information content (AvgIpc) is 3.34. The highest BCUT2D eigenvalue weighted by atomic mass is 19.2. The van der Waals surface area contributed by atoms with Gasteiger partial charge in [-0.25, -0.2) is 13.2 Å². The molecule has 3 heterocycles. The van der Waals surface area contributed by atoms with E-state index in [1.165, 1.54) is 4.68 Å². The van der Waals surface area contributed by atoms with Crippen LogP contribution in [0.1, 0.15) is 22.7 Å².